The van der Waals surface area contributed by atoms with Crippen molar-refractivity contribution in [3.63, 3.8) is 0 Å². The van der Waals surface area contributed by atoms with Gasteiger partial charge in [0.2, 0.25) is 0 Å². The van der Waals surface area contributed by atoms with Gasteiger partial charge in [-0.1, -0.05) is 0 Å². The van der Waals surface area contributed by atoms with Crippen LogP contribution in [0.5, 0.6) is 0 Å². The fourth-order valence-corrected chi connectivity index (χ4v) is 5.60. The Bertz CT molecular complexity index is 415. The predicted molar refractivity (Wildman–Crippen MR) is 66.6 cm³/mol. The van der Waals surface area contributed by atoms with Crippen LogP contribution in [0.2, 0.25) is 0 Å². The monoisotopic (exact) mass is 337 g/mol. The molecule has 0 spiro atoms. The van der Waals surface area contributed by atoms with E-state index in [0.29, 0.717) is 5.70 Å². The standard InChI is InChI=1S/C10H12INO4/c1-11-4-3-7-6(11)5-8(13)9(16-2)12(7)10(14)15/h3,5,9H,4H2,1-2H3,(H,14,15). The minimum atomic E-state index is -1.33. The molecule has 1 atom stereocenters. The summed E-state index contributed by atoms with van der Waals surface area (Å²) in [6.07, 6.45) is 1.32. The number of carbonyl (C=O) groups is 2. The Morgan fingerprint density at radius 3 is 2.94 bits per heavy atom. The third-order valence-corrected chi connectivity index (χ3v) is 7.14. The molecule has 0 fully saturated rings. The summed E-state index contributed by atoms with van der Waals surface area (Å²) in [6, 6.07) is 0. The Morgan fingerprint density at radius 2 is 2.38 bits per heavy atom. The first-order chi connectivity index (χ1) is 7.56. The molecule has 16 heavy (non-hydrogen) atoms. The molecule has 0 aromatic carbocycles. The topological polar surface area (TPSA) is 66.8 Å². The fraction of sp³-hybridized carbons (Fsp3) is 0.400. The summed E-state index contributed by atoms with van der Waals surface area (Å²) in [5, 5.41) is 9.13. The van der Waals surface area contributed by atoms with E-state index in [4.69, 9.17) is 9.84 Å². The Balaban J connectivity index is 2.47. The predicted octanol–water partition coefficient (Wildman–Crippen LogP) is 1.44. The molecule has 2 rings (SSSR count). The van der Waals surface area contributed by atoms with Crippen molar-refractivity contribution in [2.24, 2.45) is 0 Å². The first-order valence-electron chi connectivity index (χ1n) is 4.63. The molecule has 88 valence electrons. The van der Waals surface area contributed by atoms with E-state index in [2.05, 4.69) is 4.93 Å². The zero-order valence-electron chi connectivity index (χ0n) is 8.94. The van der Waals surface area contributed by atoms with Gasteiger partial charge >= 0.3 is 100 Å². The fourth-order valence-electron chi connectivity index (χ4n) is 1.79. The van der Waals surface area contributed by atoms with Crippen LogP contribution < -0.4 is 0 Å². The van der Waals surface area contributed by atoms with E-state index < -0.39 is 32.1 Å². The number of halogens is 1. The van der Waals surface area contributed by atoms with Crippen molar-refractivity contribution in [1.82, 2.24) is 4.90 Å². The molecule has 0 radical (unpaired) electrons. The maximum atomic E-state index is 11.7. The van der Waals surface area contributed by atoms with E-state index >= 15 is 0 Å². The molecule has 5 nitrogen and oxygen atoms in total. The maximum absolute atomic E-state index is 11.7. The van der Waals surface area contributed by atoms with E-state index in [-0.39, 0.29) is 5.78 Å². The third-order valence-electron chi connectivity index (χ3n) is 2.53. The molecule has 1 N–H and O–H groups in total. The Hall–Kier alpha value is -0.890. The second kappa shape index (κ2) is 4.17. The zero-order valence-corrected chi connectivity index (χ0v) is 11.1. The van der Waals surface area contributed by atoms with Gasteiger partial charge < -0.3 is 0 Å². The number of amides is 1. The summed E-state index contributed by atoms with van der Waals surface area (Å²) in [6.45, 7) is 0. The van der Waals surface area contributed by atoms with Gasteiger partial charge in [0.25, 0.3) is 0 Å². The van der Waals surface area contributed by atoms with E-state index in [1.165, 1.54) is 7.11 Å². The first kappa shape index (κ1) is 11.6. The van der Waals surface area contributed by atoms with Crippen LogP contribution in [0.4, 0.5) is 4.79 Å². The normalized spacial score (nSPS) is 26.4. The number of nitrogens with zero attached hydrogens (tertiary/aromatic N) is 1. The minimum absolute atomic E-state index is 0.275. The summed E-state index contributed by atoms with van der Waals surface area (Å²) in [7, 11) is 1.34. The van der Waals surface area contributed by atoms with Gasteiger partial charge in [0.1, 0.15) is 0 Å². The second-order valence-electron chi connectivity index (χ2n) is 3.47. The molecule has 6 heteroatoms. The van der Waals surface area contributed by atoms with Gasteiger partial charge in [0, 0.05) is 0 Å². The zero-order chi connectivity index (χ0) is 11.9. The van der Waals surface area contributed by atoms with E-state index in [0.717, 1.165) is 12.9 Å². The van der Waals surface area contributed by atoms with Crippen molar-refractivity contribution in [3.05, 3.63) is 21.4 Å². The number of ketones is 1. The molecule has 2 aliphatic heterocycles. The Morgan fingerprint density at radius 1 is 1.69 bits per heavy atom. The van der Waals surface area contributed by atoms with Crippen LogP contribution in [0.15, 0.2) is 21.4 Å². The van der Waals surface area contributed by atoms with Gasteiger partial charge in [-0.25, -0.2) is 0 Å². The van der Waals surface area contributed by atoms with Crippen LogP contribution in [0.25, 0.3) is 0 Å². The quantitative estimate of drug-likeness (QED) is 0.581. The molecule has 0 aliphatic carbocycles. The van der Waals surface area contributed by atoms with Crippen molar-refractivity contribution >= 4 is 31.7 Å². The van der Waals surface area contributed by atoms with Crippen LogP contribution >= 0.6 is 19.8 Å². The number of alkyl halides is 2. The van der Waals surface area contributed by atoms with Gasteiger partial charge in [-0.05, 0) is 0 Å². The molecule has 0 bridgehead atoms. The van der Waals surface area contributed by atoms with Crippen LogP contribution in [-0.4, -0.2) is 44.6 Å². The molecule has 1 amide bonds. The number of fused-ring (bicyclic) bond motifs is 1. The Labute approximate surface area is 100 Å². The van der Waals surface area contributed by atoms with E-state index in [1.54, 1.807) is 6.08 Å². The van der Waals surface area contributed by atoms with Crippen LogP contribution in [0.3, 0.4) is 0 Å². The first-order valence-corrected chi connectivity index (χ1v) is 9.39. The second-order valence-corrected chi connectivity index (χ2v) is 8.88. The van der Waals surface area contributed by atoms with Crippen molar-refractivity contribution in [2.45, 2.75) is 6.23 Å². The third kappa shape index (κ3) is 1.65. The number of hydrogen-bond donors (Lipinski definition) is 1. The summed E-state index contributed by atoms with van der Waals surface area (Å²) in [4.78, 5) is 26.0. The van der Waals surface area contributed by atoms with Gasteiger partial charge in [-0.3, -0.25) is 0 Å². The summed E-state index contributed by atoms with van der Waals surface area (Å²) < 4.78 is 6.81. The number of allylic oxidation sites excluding steroid dienone is 2. The number of hydrogen-bond acceptors (Lipinski definition) is 3. The van der Waals surface area contributed by atoms with E-state index in [1.807, 2.05) is 6.08 Å². The summed E-state index contributed by atoms with van der Waals surface area (Å²) in [5.41, 5.74) is 0.659. The summed E-state index contributed by atoms with van der Waals surface area (Å²) >= 11 is -1.33. The number of carbonyl (C=O) groups excluding carboxylic acids is 1. The number of ether oxygens (including phenoxy) is 1. The van der Waals surface area contributed by atoms with Gasteiger partial charge in [0.05, 0.1) is 0 Å². The van der Waals surface area contributed by atoms with E-state index in [9.17, 15) is 9.59 Å². The van der Waals surface area contributed by atoms with Crippen molar-refractivity contribution in [2.75, 3.05) is 16.5 Å². The van der Waals surface area contributed by atoms with Crippen LogP contribution in [0.1, 0.15) is 0 Å². The molecule has 0 aromatic rings. The molecule has 0 saturated heterocycles. The van der Waals surface area contributed by atoms with Crippen LogP contribution in [-0.2, 0) is 9.53 Å². The molecule has 0 aromatic heterocycles. The van der Waals surface area contributed by atoms with Gasteiger partial charge in [-0.15, -0.1) is 0 Å². The van der Waals surface area contributed by atoms with Crippen molar-refractivity contribution in [1.29, 1.82) is 0 Å². The molecule has 0 saturated carbocycles. The summed E-state index contributed by atoms with van der Waals surface area (Å²) in [5.74, 6) is -0.275. The van der Waals surface area contributed by atoms with Crippen LogP contribution in [0, 0.1) is 0 Å². The SMILES string of the molecule is COC1C(=O)C=C2C(=CCI2C)N1C(=O)O. The average Bonchev–Trinajstić information content (AvgIpc) is 2.58. The molecular weight excluding hydrogens is 325 g/mol. The number of methoxy groups -OCH3 is 1. The van der Waals surface area contributed by atoms with Crippen molar-refractivity contribution in [3.8, 4) is 0 Å². The number of rotatable bonds is 1. The van der Waals surface area contributed by atoms with Gasteiger partial charge in [-0.2, -0.15) is 0 Å². The van der Waals surface area contributed by atoms with Crippen molar-refractivity contribution < 1.29 is 19.4 Å². The molecule has 2 heterocycles. The average molecular weight is 337 g/mol. The van der Waals surface area contributed by atoms with Gasteiger partial charge in [0.15, 0.2) is 0 Å². The molecular formula is C10H12INO4. The molecule has 2 aliphatic rings. The molecule has 1 unspecified atom stereocenters. The number of carboxylic acid groups (broad SMARTS) is 1. The Kier molecular flexibility index (Phi) is 3.02.